The molecule has 32 heavy (non-hydrogen) atoms. The van der Waals surface area contributed by atoms with E-state index in [1.807, 2.05) is 29.2 Å². The topological polar surface area (TPSA) is 66.0 Å². The van der Waals surface area contributed by atoms with Crippen molar-refractivity contribution in [2.75, 3.05) is 26.7 Å². The highest BCUT2D eigenvalue weighted by molar-refractivity contribution is 5.80. The van der Waals surface area contributed by atoms with Crippen LogP contribution in [0.25, 0.3) is 0 Å². The number of nitrogens with one attached hydrogen (secondary N) is 2. The number of nitrogens with zero attached hydrogens (tertiary/aromatic N) is 2. The van der Waals surface area contributed by atoms with Crippen molar-refractivity contribution in [1.29, 1.82) is 0 Å². The quantitative estimate of drug-likeness (QED) is 0.335. The number of hydrogen-bond donors (Lipinski definition) is 2. The Kier molecular flexibility index (Phi) is 8.96. The number of ether oxygens (including phenoxy) is 1. The van der Waals surface area contributed by atoms with E-state index >= 15 is 0 Å². The maximum Gasteiger partial charge on any atom is 0.223 e. The summed E-state index contributed by atoms with van der Waals surface area (Å²) in [6.07, 6.45) is 2.29. The molecule has 0 saturated heterocycles. The van der Waals surface area contributed by atoms with Gasteiger partial charge in [-0.15, -0.1) is 0 Å². The molecule has 172 valence electrons. The van der Waals surface area contributed by atoms with Gasteiger partial charge in [0.1, 0.15) is 5.75 Å². The molecule has 0 fully saturated rings. The second-order valence-corrected chi connectivity index (χ2v) is 8.27. The van der Waals surface area contributed by atoms with Crippen LogP contribution in [0.5, 0.6) is 5.75 Å². The maximum atomic E-state index is 12.5. The molecule has 0 aliphatic carbocycles. The van der Waals surface area contributed by atoms with Gasteiger partial charge in [-0.3, -0.25) is 9.79 Å². The Morgan fingerprint density at radius 3 is 2.41 bits per heavy atom. The van der Waals surface area contributed by atoms with E-state index in [4.69, 9.17) is 4.74 Å². The molecule has 3 rings (SSSR count). The van der Waals surface area contributed by atoms with Gasteiger partial charge < -0.3 is 20.3 Å². The Balaban J connectivity index is 1.38. The summed E-state index contributed by atoms with van der Waals surface area (Å²) in [5, 5.41) is 6.71. The van der Waals surface area contributed by atoms with Crippen LogP contribution in [0.1, 0.15) is 55.7 Å². The maximum absolute atomic E-state index is 12.5. The van der Waals surface area contributed by atoms with Crippen molar-refractivity contribution < 1.29 is 9.53 Å². The number of hydrogen-bond acceptors (Lipinski definition) is 3. The first-order valence-corrected chi connectivity index (χ1v) is 11.6. The largest absolute Gasteiger partial charge is 0.497 e. The Hall–Kier alpha value is -3.02. The summed E-state index contributed by atoms with van der Waals surface area (Å²) in [4.78, 5) is 19.1. The molecule has 0 spiro atoms. The first-order chi connectivity index (χ1) is 15.6. The van der Waals surface area contributed by atoms with Crippen LogP contribution in [0, 0.1) is 0 Å². The predicted molar refractivity (Wildman–Crippen MR) is 130 cm³/mol. The molecule has 1 heterocycles. The van der Waals surface area contributed by atoms with E-state index in [2.05, 4.69) is 53.7 Å². The summed E-state index contributed by atoms with van der Waals surface area (Å²) >= 11 is 0. The van der Waals surface area contributed by atoms with Crippen LogP contribution in [0.3, 0.4) is 0 Å². The summed E-state index contributed by atoms with van der Waals surface area (Å²) < 4.78 is 5.23. The van der Waals surface area contributed by atoms with Gasteiger partial charge in [-0.05, 0) is 54.5 Å². The Morgan fingerprint density at radius 1 is 1.09 bits per heavy atom. The second-order valence-electron chi connectivity index (χ2n) is 8.27. The number of methoxy groups -OCH3 is 1. The fraction of sp³-hybridized carbons (Fsp3) is 0.462. The summed E-state index contributed by atoms with van der Waals surface area (Å²) in [5.41, 5.74) is 3.83. The van der Waals surface area contributed by atoms with Crippen molar-refractivity contribution in [3.05, 3.63) is 65.2 Å². The molecule has 0 aromatic heterocycles. The van der Waals surface area contributed by atoms with Crippen LogP contribution < -0.4 is 15.4 Å². The van der Waals surface area contributed by atoms with Crippen LogP contribution >= 0.6 is 0 Å². The normalized spacial score (nSPS) is 14.1. The van der Waals surface area contributed by atoms with Gasteiger partial charge in [0.2, 0.25) is 5.91 Å². The standard InChI is InChI=1S/C26H36N4O2/c1-4-27-26(29-17-15-20(2)21-11-13-24(32-3)14-12-21)28-16-7-10-25(31)30-18-22-8-5-6-9-23(22)19-30/h5-6,8-9,11-14,20H,4,7,10,15-19H2,1-3H3,(H2,27,28,29). The molecule has 0 saturated carbocycles. The molecular formula is C26H36N4O2. The van der Waals surface area contributed by atoms with Crippen molar-refractivity contribution in [2.24, 2.45) is 4.99 Å². The molecule has 1 aliphatic heterocycles. The zero-order valence-electron chi connectivity index (χ0n) is 19.6. The smallest absolute Gasteiger partial charge is 0.223 e. The third kappa shape index (κ3) is 6.74. The van der Waals surface area contributed by atoms with E-state index in [0.717, 1.165) is 50.7 Å². The molecule has 6 heteroatoms. The summed E-state index contributed by atoms with van der Waals surface area (Å²) in [6.45, 7) is 8.04. The fourth-order valence-corrected chi connectivity index (χ4v) is 3.94. The highest BCUT2D eigenvalue weighted by Crippen LogP contribution is 2.23. The molecule has 2 aromatic rings. The van der Waals surface area contributed by atoms with Gasteiger partial charge in [-0.2, -0.15) is 0 Å². The fourth-order valence-electron chi connectivity index (χ4n) is 3.94. The van der Waals surface area contributed by atoms with Gasteiger partial charge >= 0.3 is 0 Å². The molecule has 0 bridgehead atoms. The van der Waals surface area contributed by atoms with E-state index in [9.17, 15) is 4.79 Å². The average Bonchev–Trinajstić information content (AvgIpc) is 3.26. The van der Waals surface area contributed by atoms with Crippen molar-refractivity contribution in [3.8, 4) is 5.75 Å². The monoisotopic (exact) mass is 436 g/mol. The molecule has 2 aromatic carbocycles. The van der Waals surface area contributed by atoms with Crippen molar-refractivity contribution >= 4 is 11.9 Å². The highest BCUT2D eigenvalue weighted by atomic mass is 16.5. The van der Waals surface area contributed by atoms with Crippen molar-refractivity contribution in [2.45, 2.75) is 52.1 Å². The second kappa shape index (κ2) is 12.1. The van der Waals surface area contributed by atoms with Crippen LogP contribution in [0.15, 0.2) is 53.5 Å². The van der Waals surface area contributed by atoms with Gasteiger partial charge in [0.25, 0.3) is 0 Å². The lowest BCUT2D eigenvalue weighted by atomic mass is 9.98. The predicted octanol–water partition coefficient (Wildman–Crippen LogP) is 4.07. The lowest BCUT2D eigenvalue weighted by Gasteiger charge is -2.16. The third-order valence-electron chi connectivity index (χ3n) is 5.91. The number of fused-ring (bicyclic) bond motifs is 1. The number of benzene rings is 2. The van der Waals surface area contributed by atoms with E-state index in [-0.39, 0.29) is 5.91 Å². The zero-order chi connectivity index (χ0) is 22.8. The lowest BCUT2D eigenvalue weighted by Crippen LogP contribution is -2.38. The summed E-state index contributed by atoms with van der Waals surface area (Å²) in [6, 6.07) is 16.5. The number of carbonyl (C=O) groups is 1. The molecule has 6 nitrogen and oxygen atoms in total. The minimum absolute atomic E-state index is 0.211. The number of amides is 1. The van der Waals surface area contributed by atoms with Gasteiger partial charge in [-0.1, -0.05) is 43.3 Å². The van der Waals surface area contributed by atoms with Crippen LogP contribution in [0.2, 0.25) is 0 Å². The number of aliphatic imine (C=N–C) groups is 1. The Morgan fingerprint density at radius 2 is 1.78 bits per heavy atom. The highest BCUT2D eigenvalue weighted by Gasteiger charge is 2.22. The van der Waals surface area contributed by atoms with Crippen LogP contribution in [-0.2, 0) is 17.9 Å². The summed E-state index contributed by atoms with van der Waals surface area (Å²) in [5.74, 6) is 2.35. The Labute approximate surface area is 192 Å². The van der Waals surface area contributed by atoms with Gasteiger partial charge in [0.05, 0.1) is 7.11 Å². The lowest BCUT2D eigenvalue weighted by molar-refractivity contribution is -0.131. The first-order valence-electron chi connectivity index (χ1n) is 11.6. The van der Waals surface area contributed by atoms with Gasteiger partial charge in [0.15, 0.2) is 5.96 Å². The third-order valence-corrected chi connectivity index (χ3v) is 5.91. The van der Waals surface area contributed by atoms with Gasteiger partial charge in [-0.25, -0.2) is 0 Å². The first kappa shape index (κ1) is 23.6. The van der Waals surface area contributed by atoms with Crippen molar-refractivity contribution in [1.82, 2.24) is 15.5 Å². The van der Waals surface area contributed by atoms with Crippen molar-refractivity contribution in [3.63, 3.8) is 0 Å². The molecule has 1 unspecified atom stereocenters. The van der Waals surface area contributed by atoms with Crippen LogP contribution in [-0.4, -0.2) is 43.5 Å². The summed E-state index contributed by atoms with van der Waals surface area (Å²) in [7, 11) is 1.69. The minimum atomic E-state index is 0.211. The molecule has 1 aliphatic rings. The minimum Gasteiger partial charge on any atom is -0.497 e. The number of rotatable bonds is 10. The molecule has 1 amide bonds. The van der Waals surface area contributed by atoms with E-state index < -0.39 is 0 Å². The van der Waals surface area contributed by atoms with E-state index in [1.54, 1.807) is 7.11 Å². The molecule has 0 radical (unpaired) electrons. The van der Waals surface area contributed by atoms with Gasteiger partial charge in [0, 0.05) is 39.1 Å². The molecule has 1 atom stereocenters. The molecule has 2 N–H and O–H groups in total. The van der Waals surface area contributed by atoms with E-state index in [1.165, 1.54) is 16.7 Å². The Bertz CT molecular complexity index is 870. The van der Waals surface area contributed by atoms with E-state index in [0.29, 0.717) is 18.9 Å². The van der Waals surface area contributed by atoms with Crippen LogP contribution in [0.4, 0.5) is 0 Å². The number of guanidine groups is 1. The SMILES string of the molecule is CCNC(=NCCCC(=O)N1Cc2ccccc2C1)NCCC(C)c1ccc(OC)cc1. The number of carbonyl (C=O) groups excluding carboxylic acids is 1. The zero-order valence-corrected chi connectivity index (χ0v) is 19.6. The average molecular weight is 437 g/mol. The molecular weight excluding hydrogens is 400 g/mol.